The van der Waals surface area contributed by atoms with Crippen molar-refractivity contribution in [3.8, 4) is 5.75 Å². The molecule has 5 heteroatoms. The van der Waals surface area contributed by atoms with E-state index in [4.69, 9.17) is 13.9 Å². The molecule has 3 rings (SSSR count). The molecule has 2 aromatic rings. The maximum absolute atomic E-state index is 12.2. The fourth-order valence-corrected chi connectivity index (χ4v) is 3.16. The second-order valence-electron chi connectivity index (χ2n) is 6.51. The summed E-state index contributed by atoms with van der Waals surface area (Å²) in [5.41, 5.74) is 2.89. The van der Waals surface area contributed by atoms with Gasteiger partial charge in [0, 0.05) is 16.5 Å². The Labute approximate surface area is 140 Å². The van der Waals surface area contributed by atoms with Crippen LogP contribution in [0.1, 0.15) is 43.9 Å². The fourth-order valence-electron chi connectivity index (χ4n) is 3.16. The molecule has 0 radical (unpaired) electrons. The van der Waals surface area contributed by atoms with Crippen molar-refractivity contribution in [3.63, 3.8) is 0 Å². The number of rotatable bonds is 4. The Kier molecular flexibility index (Phi) is 4.35. The molecule has 24 heavy (non-hydrogen) atoms. The second kappa shape index (κ2) is 6.30. The minimum absolute atomic E-state index is 0.193. The molecule has 0 bridgehead atoms. The molecule has 1 aliphatic rings. The minimum Gasteiger partial charge on any atom is -0.479 e. The van der Waals surface area contributed by atoms with E-state index in [9.17, 15) is 9.59 Å². The van der Waals surface area contributed by atoms with Crippen molar-refractivity contribution in [2.24, 2.45) is 0 Å². The van der Waals surface area contributed by atoms with Crippen molar-refractivity contribution in [2.45, 2.75) is 59.2 Å². The lowest BCUT2D eigenvalue weighted by molar-refractivity contribution is -0.154. The molecular formula is C19H22O5. The Morgan fingerprint density at radius 1 is 1.17 bits per heavy atom. The molecule has 1 aliphatic carbocycles. The summed E-state index contributed by atoms with van der Waals surface area (Å²) < 4.78 is 16.4. The molecule has 0 aliphatic heterocycles. The van der Waals surface area contributed by atoms with Crippen LogP contribution in [0.15, 0.2) is 21.3 Å². The molecule has 1 unspecified atom stereocenters. The number of hydrogen-bond acceptors (Lipinski definition) is 5. The second-order valence-corrected chi connectivity index (χ2v) is 6.51. The van der Waals surface area contributed by atoms with Gasteiger partial charge in [0.05, 0.1) is 6.10 Å². The summed E-state index contributed by atoms with van der Waals surface area (Å²) in [5, 5.41) is 0.962. The number of carbonyl (C=O) groups is 1. The van der Waals surface area contributed by atoms with Crippen molar-refractivity contribution >= 4 is 16.9 Å². The molecule has 1 aromatic heterocycles. The SMILES string of the molecule is Cc1c(OC(C)C(=O)OC(C)C)ccc2c3c(c(=O)oc12)CCC3. The number of benzene rings is 1. The summed E-state index contributed by atoms with van der Waals surface area (Å²) in [7, 11) is 0. The molecule has 1 aromatic carbocycles. The third-order valence-corrected chi connectivity index (χ3v) is 4.33. The zero-order valence-corrected chi connectivity index (χ0v) is 14.5. The van der Waals surface area contributed by atoms with Gasteiger partial charge < -0.3 is 13.9 Å². The number of carbonyl (C=O) groups excluding carboxylic acids is 1. The number of fused-ring (bicyclic) bond motifs is 3. The van der Waals surface area contributed by atoms with Gasteiger partial charge in [0.2, 0.25) is 0 Å². The number of esters is 1. The van der Waals surface area contributed by atoms with Crippen LogP contribution in [0.5, 0.6) is 5.75 Å². The average Bonchev–Trinajstić information content (AvgIpc) is 3.00. The van der Waals surface area contributed by atoms with Crippen LogP contribution in [0.25, 0.3) is 11.0 Å². The molecule has 0 N–H and O–H groups in total. The molecule has 1 heterocycles. The van der Waals surface area contributed by atoms with Gasteiger partial charge in [-0.05, 0) is 64.7 Å². The first kappa shape index (κ1) is 16.6. The summed E-state index contributed by atoms with van der Waals surface area (Å²) in [6, 6.07) is 3.74. The van der Waals surface area contributed by atoms with Crippen molar-refractivity contribution < 1.29 is 18.7 Å². The predicted molar refractivity (Wildman–Crippen MR) is 90.6 cm³/mol. The zero-order chi connectivity index (χ0) is 17.4. The van der Waals surface area contributed by atoms with E-state index in [1.54, 1.807) is 20.8 Å². The maximum Gasteiger partial charge on any atom is 0.347 e. The van der Waals surface area contributed by atoms with E-state index in [1.807, 2.05) is 19.1 Å². The Hall–Kier alpha value is -2.30. The lowest BCUT2D eigenvalue weighted by atomic mass is 10.0. The predicted octanol–water partition coefficient (Wildman–Crippen LogP) is 3.31. The van der Waals surface area contributed by atoms with E-state index in [0.29, 0.717) is 11.3 Å². The quantitative estimate of drug-likeness (QED) is 0.635. The van der Waals surface area contributed by atoms with Crippen LogP contribution in [0.3, 0.4) is 0 Å². The molecule has 0 saturated heterocycles. The van der Waals surface area contributed by atoms with Crippen molar-refractivity contribution in [1.82, 2.24) is 0 Å². The zero-order valence-electron chi connectivity index (χ0n) is 14.5. The van der Waals surface area contributed by atoms with Gasteiger partial charge in [-0.25, -0.2) is 9.59 Å². The lowest BCUT2D eigenvalue weighted by Gasteiger charge is -2.18. The van der Waals surface area contributed by atoms with Crippen LogP contribution in [0.2, 0.25) is 0 Å². The van der Waals surface area contributed by atoms with E-state index in [2.05, 4.69) is 0 Å². The average molecular weight is 330 g/mol. The highest BCUT2D eigenvalue weighted by molar-refractivity contribution is 5.86. The first-order chi connectivity index (χ1) is 11.4. The van der Waals surface area contributed by atoms with Gasteiger partial charge in [0.15, 0.2) is 6.10 Å². The van der Waals surface area contributed by atoms with Crippen LogP contribution >= 0.6 is 0 Å². The van der Waals surface area contributed by atoms with E-state index in [-0.39, 0.29) is 11.7 Å². The fraction of sp³-hybridized carbons (Fsp3) is 0.474. The van der Waals surface area contributed by atoms with Gasteiger partial charge in [0.1, 0.15) is 11.3 Å². The summed E-state index contributed by atoms with van der Waals surface area (Å²) >= 11 is 0. The standard InChI is InChI=1S/C19H22O5/c1-10(2)22-18(20)12(4)23-16-9-8-14-13-6-5-7-15(13)19(21)24-17(14)11(16)3/h8-10,12H,5-7H2,1-4H3. The monoisotopic (exact) mass is 330 g/mol. The molecule has 128 valence electrons. The molecule has 0 spiro atoms. The minimum atomic E-state index is -0.732. The highest BCUT2D eigenvalue weighted by atomic mass is 16.6. The lowest BCUT2D eigenvalue weighted by Crippen LogP contribution is -2.28. The summed E-state index contributed by atoms with van der Waals surface area (Å²) in [4.78, 5) is 24.1. The first-order valence-corrected chi connectivity index (χ1v) is 8.33. The highest BCUT2D eigenvalue weighted by Crippen LogP contribution is 2.33. The van der Waals surface area contributed by atoms with Crippen LogP contribution in [-0.4, -0.2) is 18.2 Å². The van der Waals surface area contributed by atoms with Crippen LogP contribution < -0.4 is 10.4 Å². The summed E-state index contributed by atoms with van der Waals surface area (Å²) in [5.74, 6) is 0.108. The Balaban J connectivity index is 1.96. The number of aryl methyl sites for hydroxylation is 2. The number of hydrogen-bond donors (Lipinski definition) is 0. The third-order valence-electron chi connectivity index (χ3n) is 4.33. The molecule has 1 atom stereocenters. The van der Waals surface area contributed by atoms with Crippen LogP contribution in [-0.2, 0) is 22.4 Å². The topological polar surface area (TPSA) is 65.7 Å². The largest absolute Gasteiger partial charge is 0.479 e. The van der Waals surface area contributed by atoms with Crippen molar-refractivity contribution in [2.75, 3.05) is 0 Å². The molecule has 0 fully saturated rings. The summed E-state index contributed by atoms with van der Waals surface area (Å²) in [6.07, 6.45) is 1.73. The summed E-state index contributed by atoms with van der Waals surface area (Å²) in [6.45, 7) is 7.07. The molecule has 0 amide bonds. The smallest absolute Gasteiger partial charge is 0.347 e. The van der Waals surface area contributed by atoms with Gasteiger partial charge in [0.25, 0.3) is 0 Å². The van der Waals surface area contributed by atoms with E-state index in [1.165, 1.54) is 0 Å². The Bertz CT molecular complexity index is 847. The first-order valence-electron chi connectivity index (χ1n) is 8.33. The van der Waals surface area contributed by atoms with Gasteiger partial charge in [-0.2, -0.15) is 0 Å². The maximum atomic E-state index is 12.2. The van der Waals surface area contributed by atoms with Gasteiger partial charge in [-0.3, -0.25) is 0 Å². The normalized spacial score (nSPS) is 14.7. The van der Waals surface area contributed by atoms with E-state index in [0.717, 1.165) is 41.3 Å². The molecule has 0 saturated carbocycles. The Morgan fingerprint density at radius 3 is 2.58 bits per heavy atom. The molecule has 5 nitrogen and oxygen atoms in total. The van der Waals surface area contributed by atoms with E-state index < -0.39 is 12.1 Å². The highest BCUT2D eigenvalue weighted by Gasteiger charge is 2.23. The number of ether oxygens (including phenoxy) is 2. The van der Waals surface area contributed by atoms with Gasteiger partial charge >= 0.3 is 11.6 Å². The molecular weight excluding hydrogens is 308 g/mol. The van der Waals surface area contributed by atoms with E-state index >= 15 is 0 Å². The van der Waals surface area contributed by atoms with Crippen molar-refractivity contribution in [1.29, 1.82) is 0 Å². The van der Waals surface area contributed by atoms with Crippen LogP contribution in [0.4, 0.5) is 0 Å². The van der Waals surface area contributed by atoms with Gasteiger partial charge in [-0.1, -0.05) is 0 Å². The third kappa shape index (κ3) is 2.90. The van der Waals surface area contributed by atoms with Gasteiger partial charge in [-0.15, -0.1) is 0 Å². The van der Waals surface area contributed by atoms with Crippen molar-refractivity contribution in [3.05, 3.63) is 39.2 Å². The Morgan fingerprint density at radius 2 is 1.88 bits per heavy atom. The van der Waals surface area contributed by atoms with Crippen LogP contribution in [0, 0.1) is 6.92 Å².